The first-order valence-electron chi connectivity index (χ1n) is 6.80. The van der Waals surface area contributed by atoms with E-state index in [0.29, 0.717) is 11.4 Å². The maximum atomic E-state index is 12.0. The molecule has 0 spiro atoms. The van der Waals surface area contributed by atoms with Crippen molar-refractivity contribution in [1.29, 1.82) is 0 Å². The highest BCUT2D eigenvalue weighted by molar-refractivity contribution is 6.19. The molecule has 0 unspecified atom stereocenters. The van der Waals surface area contributed by atoms with Gasteiger partial charge < -0.3 is 10.1 Å². The van der Waals surface area contributed by atoms with Gasteiger partial charge in [0, 0.05) is 11.4 Å². The van der Waals surface area contributed by atoms with Gasteiger partial charge in [-0.2, -0.15) is 0 Å². The van der Waals surface area contributed by atoms with Crippen LogP contribution in [0.4, 0.5) is 0 Å². The number of hydrogen-bond acceptors (Lipinski definition) is 2. The zero-order chi connectivity index (χ0) is 13.7. The molecule has 0 saturated heterocycles. The summed E-state index contributed by atoms with van der Waals surface area (Å²) < 4.78 is 5.56. The van der Waals surface area contributed by atoms with Gasteiger partial charge >= 0.3 is 0 Å². The molecular weight excluding hydrogens is 262 g/mol. The van der Waals surface area contributed by atoms with Crippen molar-refractivity contribution in [1.82, 2.24) is 5.32 Å². The van der Waals surface area contributed by atoms with Crippen LogP contribution in [0.25, 0.3) is 0 Å². The molecule has 1 amide bonds. The van der Waals surface area contributed by atoms with E-state index in [1.165, 1.54) is 0 Å². The average Bonchev–Trinajstić information content (AvgIpc) is 3.20. The van der Waals surface area contributed by atoms with Crippen LogP contribution in [-0.2, 0) is 0 Å². The van der Waals surface area contributed by atoms with Crippen molar-refractivity contribution in [3.05, 3.63) is 29.8 Å². The van der Waals surface area contributed by atoms with Crippen LogP contribution in [0.15, 0.2) is 24.3 Å². The number of amides is 1. The molecule has 19 heavy (non-hydrogen) atoms. The van der Waals surface area contributed by atoms with E-state index in [1.807, 2.05) is 12.1 Å². The number of ether oxygens (including phenoxy) is 1. The number of unbranched alkanes of at least 4 members (excludes halogenated alkanes) is 1. The topological polar surface area (TPSA) is 38.3 Å². The fourth-order valence-corrected chi connectivity index (χ4v) is 2.13. The Labute approximate surface area is 119 Å². The lowest BCUT2D eigenvalue weighted by molar-refractivity contribution is 0.0936. The van der Waals surface area contributed by atoms with Crippen molar-refractivity contribution in [2.75, 3.05) is 12.5 Å². The highest BCUT2D eigenvalue weighted by Crippen LogP contribution is 2.36. The SMILES string of the molecule is CCCCOc1ccc(C(=O)NC2(CCl)CC2)cc1. The van der Waals surface area contributed by atoms with Gasteiger partial charge in [0.1, 0.15) is 5.75 Å². The Balaban J connectivity index is 1.88. The second kappa shape index (κ2) is 6.29. The fourth-order valence-electron chi connectivity index (χ4n) is 1.79. The monoisotopic (exact) mass is 281 g/mol. The Kier molecular flexibility index (Phi) is 4.70. The Morgan fingerprint density at radius 3 is 2.58 bits per heavy atom. The fraction of sp³-hybridized carbons (Fsp3) is 0.533. The van der Waals surface area contributed by atoms with Gasteiger partial charge in [0.25, 0.3) is 5.91 Å². The van der Waals surface area contributed by atoms with E-state index in [-0.39, 0.29) is 11.4 Å². The molecule has 2 rings (SSSR count). The van der Waals surface area contributed by atoms with Crippen LogP contribution < -0.4 is 10.1 Å². The summed E-state index contributed by atoms with van der Waals surface area (Å²) in [6.45, 7) is 2.85. The summed E-state index contributed by atoms with van der Waals surface area (Å²) >= 11 is 5.85. The zero-order valence-corrected chi connectivity index (χ0v) is 12.0. The average molecular weight is 282 g/mol. The second-order valence-electron chi connectivity index (χ2n) is 5.09. The van der Waals surface area contributed by atoms with Crippen molar-refractivity contribution in [3.63, 3.8) is 0 Å². The number of hydrogen-bond donors (Lipinski definition) is 1. The normalized spacial score (nSPS) is 15.9. The molecule has 0 atom stereocenters. The highest BCUT2D eigenvalue weighted by atomic mass is 35.5. The van der Waals surface area contributed by atoms with E-state index in [2.05, 4.69) is 12.2 Å². The first-order chi connectivity index (χ1) is 9.19. The third-order valence-corrected chi connectivity index (χ3v) is 3.88. The van der Waals surface area contributed by atoms with E-state index < -0.39 is 0 Å². The summed E-state index contributed by atoms with van der Waals surface area (Å²) in [6.07, 6.45) is 4.10. The van der Waals surface area contributed by atoms with Crippen molar-refractivity contribution in [2.45, 2.75) is 38.1 Å². The molecule has 3 nitrogen and oxygen atoms in total. The molecule has 1 aliphatic carbocycles. The third kappa shape index (κ3) is 3.87. The van der Waals surface area contributed by atoms with Crippen LogP contribution in [-0.4, -0.2) is 23.9 Å². The van der Waals surface area contributed by atoms with Crippen molar-refractivity contribution >= 4 is 17.5 Å². The van der Waals surface area contributed by atoms with E-state index in [0.717, 1.165) is 38.0 Å². The van der Waals surface area contributed by atoms with Gasteiger partial charge in [-0.05, 0) is 43.5 Å². The number of carbonyl (C=O) groups excluding carboxylic acids is 1. The molecule has 0 aliphatic heterocycles. The molecule has 0 heterocycles. The number of alkyl halides is 1. The Bertz CT molecular complexity index is 426. The number of benzene rings is 1. The standard InChI is InChI=1S/C15H20ClNO2/c1-2-3-10-19-13-6-4-12(5-7-13)14(18)17-15(11-16)8-9-15/h4-7H,2-3,8-11H2,1H3,(H,17,18). The molecule has 4 heteroatoms. The molecule has 1 aliphatic rings. The van der Waals surface area contributed by atoms with Gasteiger partial charge in [-0.3, -0.25) is 4.79 Å². The summed E-state index contributed by atoms with van der Waals surface area (Å²) in [7, 11) is 0. The molecular formula is C15H20ClNO2. The van der Waals surface area contributed by atoms with E-state index >= 15 is 0 Å². The maximum Gasteiger partial charge on any atom is 0.251 e. The minimum Gasteiger partial charge on any atom is -0.494 e. The minimum absolute atomic E-state index is 0.0572. The molecule has 1 aromatic rings. The van der Waals surface area contributed by atoms with Gasteiger partial charge in [-0.15, -0.1) is 11.6 Å². The molecule has 1 saturated carbocycles. The van der Waals surface area contributed by atoms with Crippen LogP contribution >= 0.6 is 11.6 Å². The molecule has 0 aromatic heterocycles. The maximum absolute atomic E-state index is 12.0. The first-order valence-corrected chi connectivity index (χ1v) is 7.34. The van der Waals surface area contributed by atoms with Crippen LogP contribution in [0.1, 0.15) is 43.0 Å². The van der Waals surface area contributed by atoms with E-state index in [1.54, 1.807) is 12.1 Å². The van der Waals surface area contributed by atoms with Crippen molar-refractivity contribution < 1.29 is 9.53 Å². The van der Waals surface area contributed by atoms with Gasteiger partial charge in [-0.25, -0.2) is 0 Å². The van der Waals surface area contributed by atoms with Gasteiger partial charge in [0.2, 0.25) is 0 Å². The molecule has 1 aromatic carbocycles. The summed E-state index contributed by atoms with van der Waals surface area (Å²) in [4.78, 5) is 12.0. The predicted octanol–water partition coefficient (Wildman–Crippen LogP) is 3.37. The molecule has 0 radical (unpaired) electrons. The predicted molar refractivity (Wildman–Crippen MR) is 77.0 cm³/mol. The number of rotatable bonds is 7. The van der Waals surface area contributed by atoms with Crippen LogP contribution in [0.5, 0.6) is 5.75 Å². The molecule has 1 fully saturated rings. The lowest BCUT2D eigenvalue weighted by atomic mass is 10.2. The Morgan fingerprint density at radius 1 is 1.37 bits per heavy atom. The summed E-state index contributed by atoms with van der Waals surface area (Å²) in [5, 5.41) is 2.99. The quantitative estimate of drug-likeness (QED) is 0.615. The Morgan fingerprint density at radius 2 is 2.05 bits per heavy atom. The number of nitrogens with one attached hydrogen (secondary N) is 1. The van der Waals surface area contributed by atoms with Crippen LogP contribution in [0.3, 0.4) is 0 Å². The van der Waals surface area contributed by atoms with Gasteiger partial charge in [0.15, 0.2) is 0 Å². The van der Waals surface area contributed by atoms with Crippen LogP contribution in [0.2, 0.25) is 0 Å². The van der Waals surface area contributed by atoms with E-state index in [4.69, 9.17) is 16.3 Å². The Hall–Kier alpha value is -1.22. The van der Waals surface area contributed by atoms with E-state index in [9.17, 15) is 4.79 Å². The van der Waals surface area contributed by atoms with Crippen molar-refractivity contribution in [2.24, 2.45) is 0 Å². The third-order valence-electron chi connectivity index (χ3n) is 3.37. The minimum atomic E-state index is -0.158. The first kappa shape index (κ1) is 14.2. The molecule has 0 bridgehead atoms. The van der Waals surface area contributed by atoms with Gasteiger partial charge in [-0.1, -0.05) is 13.3 Å². The summed E-state index contributed by atoms with van der Waals surface area (Å²) in [5.74, 6) is 1.23. The second-order valence-corrected chi connectivity index (χ2v) is 5.36. The molecule has 104 valence electrons. The molecule has 1 N–H and O–H groups in total. The summed E-state index contributed by atoms with van der Waals surface area (Å²) in [5.41, 5.74) is 0.494. The zero-order valence-electron chi connectivity index (χ0n) is 11.2. The number of halogens is 1. The number of carbonyl (C=O) groups is 1. The summed E-state index contributed by atoms with van der Waals surface area (Å²) in [6, 6.07) is 7.26. The highest BCUT2D eigenvalue weighted by Gasteiger charge is 2.43. The van der Waals surface area contributed by atoms with Crippen LogP contribution in [0, 0.1) is 0 Å². The largest absolute Gasteiger partial charge is 0.494 e. The van der Waals surface area contributed by atoms with Gasteiger partial charge in [0.05, 0.1) is 12.1 Å². The lowest BCUT2D eigenvalue weighted by Gasteiger charge is -2.14. The lowest BCUT2D eigenvalue weighted by Crippen LogP contribution is -2.38. The van der Waals surface area contributed by atoms with Crippen molar-refractivity contribution in [3.8, 4) is 5.75 Å². The smallest absolute Gasteiger partial charge is 0.251 e.